The van der Waals surface area contributed by atoms with Crippen LogP contribution in [0.1, 0.15) is 36.8 Å². The number of nitrogens with one attached hydrogen (secondary N) is 1. The first kappa shape index (κ1) is 22.0. The van der Waals surface area contributed by atoms with Gasteiger partial charge in [0.15, 0.2) is 16.8 Å². The van der Waals surface area contributed by atoms with Gasteiger partial charge in [0.05, 0.1) is 16.6 Å². The lowest BCUT2D eigenvalue weighted by atomic mass is 9.74. The van der Waals surface area contributed by atoms with Crippen LogP contribution in [-0.2, 0) is 5.54 Å². The predicted molar refractivity (Wildman–Crippen MR) is 113 cm³/mol. The van der Waals surface area contributed by atoms with Crippen molar-refractivity contribution in [3.63, 3.8) is 0 Å². The third-order valence-electron chi connectivity index (χ3n) is 5.34. The Morgan fingerprint density at radius 2 is 2.07 bits per heavy atom. The maximum absolute atomic E-state index is 14.9. The quantitative estimate of drug-likeness (QED) is 0.719. The molecule has 0 saturated carbocycles. The van der Waals surface area contributed by atoms with E-state index in [0.29, 0.717) is 5.02 Å². The number of amides is 1. The molecule has 1 aromatic carbocycles. The number of pyridine rings is 1. The first-order chi connectivity index (χ1) is 14.0. The number of anilines is 1. The van der Waals surface area contributed by atoms with Crippen LogP contribution < -0.4 is 11.1 Å². The van der Waals surface area contributed by atoms with Crippen molar-refractivity contribution in [2.45, 2.75) is 31.1 Å². The van der Waals surface area contributed by atoms with E-state index in [2.05, 4.69) is 21.4 Å². The summed E-state index contributed by atoms with van der Waals surface area (Å²) in [4.78, 5) is 20.7. The van der Waals surface area contributed by atoms with E-state index >= 15 is 0 Å². The monoisotopic (exact) mass is 449 g/mol. The summed E-state index contributed by atoms with van der Waals surface area (Å²) in [7, 11) is 0. The summed E-state index contributed by atoms with van der Waals surface area (Å²) in [6, 6.07) is 7.25. The van der Waals surface area contributed by atoms with Crippen LogP contribution in [0, 0.1) is 28.9 Å². The van der Waals surface area contributed by atoms with Gasteiger partial charge in [0.25, 0.3) is 5.91 Å². The normalized spacial score (nSPS) is 25.9. The van der Waals surface area contributed by atoms with Crippen molar-refractivity contribution in [1.29, 1.82) is 5.26 Å². The molecule has 1 aliphatic heterocycles. The molecular weight excluding hydrogens is 432 g/mol. The van der Waals surface area contributed by atoms with Gasteiger partial charge in [-0.1, -0.05) is 30.3 Å². The van der Waals surface area contributed by atoms with Crippen LogP contribution in [0.2, 0.25) is 5.02 Å². The van der Waals surface area contributed by atoms with E-state index in [1.807, 2.05) is 0 Å². The molecule has 1 aliphatic rings. The van der Waals surface area contributed by atoms with Crippen molar-refractivity contribution < 1.29 is 13.6 Å². The number of nitrogens with zero attached hydrogens (tertiary/aromatic N) is 3. The van der Waals surface area contributed by atoms with Crippen LogP contribution in [-0.4, -0.2) is 20.8 Å². The Morgan fingerprint density at radius 3 is 2.67 bits per heavy atom. The average molecular weight is 450 g/mol. The molecule has 1 aromatic heterocycles. The molecule has 2 aromatic rings. The van der Waals surface area contributed by atoms with Gasteiger partial charge in [-0.15, -0.1) is 0 Å². The van der Waals surface area contributed by atoms with E-state index in [1.165, 1.54) is 24.4 Å². The Hall–Kier alpha value is -2.70. The Morgan fingerprint density at radius 1 is 1.37 bits per heavy atom. The number of benzene rings is 1. The van der Waals surface area contributed by atoms with Gasteiger partial charge in [0, 0.05) is 29.4 Å². The Kier molecular flexibility index (Phi) is 5.76. The van der Waals surface area contributed by atoms with Crippen molar-refractivity contribution >= 4 is 40.1 Å². The van der Waals surface area contributed by atoms with E-state index in [9.17, 15) is 18.8 Å². The summed E-state index contributed by atoms with van der Waals surface area (Å²) in [6.45, 7) is 4.99. The maximum atomic E-state index is 14.9. The zero-order valence-electron chi connectivity index (χ0n) is 16.3. The van der Waals surface area contributed by atoms with Gasteiger partial charge in [0.1, 0.15) is 10.4 Å². The minimum atomic E-state index is -1.33. The highest BCUT2D eigenvalue weighted by Crippen LogP contribution is 2.50. The molecule has 156 valence electrons. The van der Waals surface area contributed by atoms with Gasteiger partial charge in [-0.3, -0.25) is 9.79 Å². The van der Waals surface area contributed by atoms with Crippen molar-refractivity contribution in [2.75, 3.05) is 5.32 Å². The molecule has 0 radical (unpaired) electrons. The zero-order chi connectivity index (χ0) is 22.3. The Labute approximate surface area is 181 Å². The van der Waals surface area contributed by atoms with Crippen molar-refractivity contribution in [3.8, 4) is 6.07 Å². The van der Waals surface area contributed by atoms with Crippen LogP contribution in [0.25, 0.3) is 0 Å². The maximum Gasteiger partial charge on any atom is 0.274 e. The molecule has 0 aliphatic carbocycles. The highest BCUT2D eigenvalue weighted by atomic mass is 35.5. The fourth-order valence-corrected chi connectivity index (χ4v) is 4.57. The summed E-state index contributed by atoms with van der Waals surface area (Å²) in [5, 5.41) is 12.6. The predicted octanol–water partition coefficient (Wildman–Crippen LogP) is 4.46. The van der Waals surface area contributed by atoms with E-state index in [-0.39, 0.29) is 22.1 Å². The molecule has 3 rings (SSSR count). The second kappa shape index (κ2) is 7.85. The number of nitrogens with two attached hydrogens (primary N) is 1. The SMILES string of the molecule is C[C@@H]1[C@@](C)(C#N)SC(N)=N[C@]1(C)c1cc(NC(=O)c2ccc(Cl)cn2)cc(F)c1F. The summed E-state index contributed by atoms with van der Waals surface area (Å²) >= 11 is 6.84. The molecule has 1 amide bonds. The van der Waals surface area contributed by atoms with Crippen LogP contribution in [0.4, 0.5) is 14.5 Å². The molecule has 3 atom stereocenters. The highest BCUT2D eigenvalue weighted by Gasteiger charge is 2.50. The van der Waals surface area contributed by atoms with Crippen LogP contribution >= 0.6 is 23.4 Å². The summed E-state index contributed by atoms with van der Waals surface area (Å²) < 4.78 is 28.3. The molecular formula is C20H18ClF2N5OS. The number of carbonyl (C=O) groups excluding carboxylic acids is 1. The lowest BCUT2D eigenvalue weighted by molar-refractivity contribution is 0.102. The number of halogens is 3. The van der Waals surface area contributed by atoms with E-state index in [0.717, 1.165) is 17.8 Å². The molecule has 6 nitrogen and oxygen atoms in total. The number of hydrogen-bond acceptors (Lipinski definition) is 6. The molecule has 0 spiro atoms. The van der Waals surface area contributed by atoms with Gasteiger partial charge in [-0.25, -0.2) is 13.8 Å². The Balaban J connectivity index is 2.05. The van der Waals surface area contributed by atoms with Crippen LogP contribution in [0.5, 0.6) is 0 Å². The molecule has 30 heavy (non-hydrogen) atoms. The minimum absolute atomic E-state index is 0.0183. The lowest BCUT2D eigenvalue weighted by Crippen LogP contribution is -2.48. The van der Waals surface area contributed by atoms with Crippen molar-refractivity contribution in [3.05, 3.63) is 58.4 Å². The minimum Gasteiger partial charge on any atom is -0.378 e. The third-order valence-corrected chi connectivity index (χ3v) is 6.73. The fraction of sp³-hybridized carbons (Fsp3) is 0.300. The first-order valence-electron chi connectivity index (χ1n) is 8.88. The van der Waals surface area contributed by atoms with Crippen LogP contribution in [0.15, 0.2) is 35.5 Å². The number of aliphatic imine (C=N–C) groups is 1. The number of nitriles is 1. The third kappa shape index (κ3) is 3.85. The molecule has 0 fully saturated rings. The molecule has 10 heteroatoms. The number of amidine groups is 1. The van der Waals surface area contributed by atoms with Crippen molar-refractivity contribution in [1.82, 2.24) is 4.98 Å². The molecule has 0 saturated heterocycles. The van der Waals surface area contributed by atoms with E-state index in [4.69, 9.17) is 17.3 Å². The number of thioether (sulfide) groups is 1. The molecule has 3 N–H and O–H groups in total. The van der Waals surface area contributed by atoms with Gasteiger partial charge in [-0.05, 0) is 32.0 Å². The van der Waals surface area contributed by atoms with Gasteiger partial charge in [0.2, 0.25) is 0 Å². The number of aromatic nitrogens is 1. The lowest BCUT2D eigenvalue weighted by Gasteiger charge is -2.43. The average Bonchev–Trinajstić information content (AvgIpc) is 2.69. The fourth-order valence-electron chi connectivity index (χ4n) is 3.34. The van der Waals surface area contributed by atoms with Gasteiger partial charge >= 0.3 is 0 Å². The van der Waals surface area contributed by atoms with E-state index < -0.39 is 33.7 Å². The van der Waals surface area contributed by atoms with Gasteiger partial charge in [-0.2, -0.15) is 5.26 Å². The topological polar surface area (TPSA) is 104 Å². The number of hydrogen-bond donors (Lipinski definition) is 2. The summed E-state index contributed by atoms with van der Waals surface area (Å²) in [5.41, 5.74) is 4.54. The second-order valence-corrected chi connectivity index (χ2v) is 9.18. The van der Waals surface area contributed by atoms with E-state index in [1.54, 1.807) is 20.8 Å². The summed E-state index contributed by atoms with van der Waals surface area (Å²) in [6.07, 6.45) is 1.30. The Bertz CT molecular complexity index is 1090. The zero-order valence-corrected chi connectivity index (χ0v) is 17.9. The molecule has 0 unspecified atom stereocenters. The first-order valence-corrected chi connectivity index (χ1v) is 10.1. The molecule has 0 bridgehead atoms. The van der Waals surface area contributed by atoms with Gasteiger partial charge < -0.3 is 11.1 Å². The number of carbonyl (C=O) groups is 1. The smallest absolute Gasteiger partial charge is 0.274 e. The number of rotatable bonds is 3. The largest absolute Gasteiger partial charge is 0.378 e. The highest BCUT2D eigenvalue weighted by molar-refractivity contribution is 8.15. The van der Waals surface area contributed by atoms with Crippen LogP contribution in [0.3, 0.4) is 0 Å². The summed E-state index contributed by atoms with van der Waals surface area (Å²) in [5.74, 6) is -3.42. The van der Waals surface area contributed by atoms with Crippen molar-refractivity contribution in [2.24, 2.45) is 16.6 Å². The molecule has 2 heterocycles. The second-order valence-electron chi connectivity index (χ2n) is 7.28. The standard InChI is InChI=1S/C20H18ClF2N5OS/c1-10-19(2,9-24)30-18(25)28-20(10,3)13-6-12(7-14(22)16(13)23)27-17(29)15-5-4-11(21)8-26-15/h4-8,10H,1-3H3,(H2,25,28)(H,27,29)/t10-,19-,20+/m1/s1.